The highest BCUT2D eigenvalue weighted by Gasteiger charge is 2.36. The van der Waals surface area contributed by atoms with Crippen LogP contribution in [0.25, 0.3) is 27.8 Å². The van der Waals surface area contributed by atoms with Crippen molar-refractivity contribution >= 4 is 22.5 Å². The first-order valence-electron chi connectivity index (χ1n) is 12.0. The van der Waals surface area contributed by atoms with Crippen LogP contribution in [0.3, 0.4) is 0 Å². The van der Waals surface area contributed by atoms with E-state index in [1.165, 1.54) is 6.07 Å². The zero-order valence-corrected chi connectivity index (χ0v) is 20.8. The van der Waals surface area contributed by atoms with Crippen molar-refractivity contribution in [1.29, 1.82) is 0 Å². The molecule has 1 amide bonds. The number of alkyl halides is 3. The zero-order chi connectivity index (χ0) is 27.3. The molecule has 0 saturated carbocycles. The van der Waals surface area contributed by atoms with Gasteiger partial charge in [-0.05, 0) is 61.4 Å². The lowest BCUT2D eigenvalue weighted by Crippen LogP contribution is -2.26. The summed E-state index contributed by atoms with van der Waals surface area (Å²) in [6.45, 7) is 2.22. The van der Waals surface area contributed by atoms with Gasteiger partial charge in [-0.2, -0.15) is 18.3 Å². The maximum atomic E-state index is 14.0. The number of H-pyrrole nitrogens is 1. The summed E-state index contributed by atoms with van der Waals surface area (Å²) in [7, 11) is 1.59. The molecule has 3 aromatic heterocycles. The highest BCUT2D eigenvalue weighted by molar-refractivity contribution is 5.93. The van der Waals surface area contributed by atoms with Gasteiger partial charge in [0.2, 0.25) is 6.79 Å². The molecular formula is C27H22F3N5O4. The maximum Gasteiger partial charge on any atom is 0.433 e. The molecule has 6 rings (SSSR count). The standard InChI is InChI=1S/C27H22F3N5O4/c1-14-17(18-10-16(37-2)4-5-19(18)32-14)7-8-31-26(36)21-12-25-33-20(11-24(27(28,29)30)35(25)34-21)15-3-6-22-23(9-15)39-13-38-22/h3-6,9-12,32H,7-8,13H2,1-2H3,(H,31,36). The number of aryl methyl sites for hydroxylation is 1. The molecule has 1 aliphatic rings. The van der Waals surface area contributed by atoms with Crippen molar-refractivity contribution in [3.8, 4) is 28.5 Å². The fraction of sp³-hybridized carbons (Fsp3) is 0.222. The quantitative estimate of drug-likeness (QED) is 0.319. The van der Waals surface area contributed by atoms with E-state index in [1.807, 2.05) is 25.1 Å². The smallest absolute Gasteiger partial charge is 0.433 e. The highest BCUT2D eigenvalue weighted by Crippen LogP contribution is 2.37. The molecule has 200 valence electrons. The van der Waals surface area contributed by atoms with Gasteiger partial charge in [-0.25, -0.2) is 9.50 Å². The van der Waals surface area contributed by atoms with Crippen LogP contribution >= 0.6 is 0 Å². The fourth-order valence-corrected chi connectivity index (χ4v) is 4.69. The van der Waals surface area contributed by atoms with Crippen molar-refractivity contribution in [2.45, 2.75) is 19.5 Å². The zero-order valence-electron chi connectivity index (χ0n) is 20.8. The number of benzene rings is 2. The van der Waals surface area contributed by atoms with Gasteiger partial charge in [-0.15, -0.1) is 0 Å². The Morgan fingerprint density at radius 3 is 2.74 bits per heavy atom. The van der Waals surface area contributed by atoms with E-state index < -0.39 is 17.8 Å². The molecule has 0 unspecified atom stereocenters. The second kappa shape index (κ2) is 9.22. The molecule has 0 saturated heterocycles. The predicted octanol–water partition coefficient (Wildman–Crippen LogP) is 4.91. The largest absolute Gasteiger partial charge is 0.497 e. The summed E-state index contributed by atoms with van der Waals surface area (Å²) in [5.74, 6) is 1.03. The van der Waals surface area contributed by atoms with E-state index in [0.29, 0.717) is 33.7 Å². The number of rotatable bonds is 6. The third-order valence-corrected chi connectivity index (χ3v) is 6.61. The van der Waals surface area contributed by atoms with E-state index in [2.05, 4.69) is 20.4 Å². The summed E-state index contributed by atoms with van der Waals surface area (Å²) in [5, 5.41) is 7.66. The lowest BCUT2D eigenvalue weighted by atomic mass is 10.1. The highest BCUT2D eigenvalue weighted by atomic mass is 19.4. The topological polar surface area (TPSA) is 103 Å². The van der Waals surface area contributed by atoms with E-state index in [-0.39, 0.29) is 30.4 Å². The molecule has 2 N–H and O–H groups in total. The van der Waals surface area contributed by atoms with Gasteiger partial charge < -0.3 is 24.5 Å². The van der Waals surface area contributed by atoms with E-state index in [0.717, 1.165) is 28.2 Å². The molecule has 0 aliphatic carbocycles. The number of methoxy groups -OCH3 is 1. The Bertz CT molecular complexity index is 1740. The van der Waals surface area contributed by atoms with Crippen LogP contribution in [0.2, 0.25) is 0 Å². The molecule has 4 heterocycles. The number of fused-ring (bicyclic) bond motifs is 3. The minimum atomic E-state index is -4.74. The Hall–Kier alpha value is -4.74. The Balaban J connectivity index is 1.26. The van der Waals surface area contributed by atoms with Crippen LogP contribution < -0.4 is 19.5 Å². The van der Waals surface area contributed by atoms with Gasteiger partial charge in [-0.1, -0.05) is 0 Å². The monoisotopic (exact) mass is 537 g/mol. The summed E-state index contributed by atoms with van der Waals surface area (Å²) in [6.07, 6.45) is -4.24. The van der Waals surface area contributed by atoms with E-state index in [4.69, 9.17) is 14.2 Å². The van der Waals surface area contributed by atoms with E-state index in [9.17, 15) is 18.0 Å². The third-order valence-electron chi connectivity index (χ3n) is 6.61. The predicted molar refractivity (Wildman–Crippen MR) is 135 cm³/mol. The lowest BCUT2D eigenvalue weighted by Gasteiger charge is -2.11. The number of nitrogens with one attached hydrogen (secondary N) is 2. The van der Waals surface area contributed by atoms with Crippen molar-refractivity contribution in [2.24, 2.45) is 0 Å². The number of aromatic nitrogens is 4. The molecule has 0 fully saturated rings. The number of halogens is 3. The van der Waals surface area contributed by atoms with Crippen LogP contribution in [-0.4, -0.2) is 45.9 Å². The van der Waals surface area contributed by atoms with Crippen LogP contribution in [0, 0.1) is 6.92 Å². The Kier molecular flexibility index (Phi) is 5.82. The number of carbonyl (C=O) groups excluding carboxylic acids is 1. The summed E-state index contributed by atoms with van der Waals surface area (Å²) < 4.78 is 58.5. The normalized spacial score (nSPS) is 12.8. The summed E-state index contributed by atoms with van der Waals surface area (Å²) in [6, 6.07) is 12.6. The fourth-order valence-electron chi connectivity index (χ4n) is 4.69. The molecule has 5 aromatic rings. The van der Waals surface area contributed by atoms with Crippen LogP contribution in [0.5, 0.6) is 17.2 Å². The molecule has 0 atom stereocenters. The number of hydrogen-bond acceptors (Lipinski definition) is 6. The van der Waals surface area contributed by atoms with Crippen molar-refractivity contribution in [1.82, 2.24) is 24.9 Å². The van der Waals surface area contributed by atoms with Gasteiger partial charge in [0.15, 0.2) is 28.5 Å². The van der Waals surface area contributed by atoms with Crippen molar-refractivity contribution in [3.63, 3.8) is 0 Å². The first kappa shape index (κ1) is 24.6. The second-order valence-electron chi connectivity index (χ2n) is 9.04. The van der Waals surface area contributed by atoms with Gasteiger partial charge in [0.25, 0.3) is 5.91 Å². The molecule has 2 aromatic carbocycles. The molecule has 0 spiro atoms. The SMILES string of the molecule is COc1ccc2[nH]c(C)c(CCNC(=O)c3cc4nc(-c5ccc6c(c5)OCO6)cc(C(F)(F)F)n4n3)c2c1. The van der Waals surface area contributed by atoms with Gasteiger partial charge in [0.1, 0.15) is 5.75 Å². The number of nitrogens with zero attached hydrogens (tertiary/aromatic N) is 3. The van der Waals surface area contributed by atoms with Gasteiger partial charge >= 0.3 is 6.18 Å². The maximum absolute atomic E-state index is 14.0. The number of amides is 1. The van der Waals surface area contributed by atoms with Gasteiger partial charge in [0.05, 0.1) is 12.8 Å². The molecule has 39 heavy (non-hydrogen) atoms. The minimum Gasteiger partial charge on any atom is -0.497 e. The average molecular weight is 537 g/mol. The average Bonchev–Trinajstić information content (AvgIpc) is 3.63. The molecular weight excluding hydrogens is 515 g/mol. The minimum absolute atomic E-state index is 0.0359. The van der Waals surface area contributed by atoms with Crippen molar-refractivity contribution < 1.29 is 32.2 Å². The second-order valence-corrected chi connectivity index (χ2v) is 9.04. The molecule has 0 radical (unpaired) electrons. The molecule has 12 heteroatoms. The van der Waals surface area contributed by atoms with Crippen LogP contribution in [0.1, 0.15) is 27.4 Å². The first-order chi connectivity index (χ1) is 18.7. The molecule has 9 nitrogen and oxygen atoms in total. The Morgan fingerprint density at radius 1 is 1.13 bits per heavy atom. The van der Waals surface area contributed by atoms with Gasteiger partial charge in [-0.3, -0.25) is 4.79 Å². The summed E-state index contributed by atoms with van der Waals surface area (Å²) in [5.41, 5.74) is 2.04. The van der Waals surface area contributed by atoms with Crippen LogP contribution in [0.15, 0.2) is 48.5 Å². The number of hydrogen-bond donors (Lipinski definition) is 2. The van der Waals surface area contributed by atoms with Crippen molar-refractivity contribution in [2.75, 3.05) is 20.4 Å². The lowest BCUT2D eigenvalue weighted by molar-refractivity contribution is -0.142. The first-order valence-corrected chi connectivity index (χ1v) is 12.0. The molecule has 0 bridgehead atoms. The van der Waals surface area contributed by atoms with Crippen LogP contribution in [-0.2, 0) is 12.6 Å². The molecule has 1 aliphatic heterocycles. The van der Waals surface area contributed by atoms with E-state index in [1.54, 1.807) is 25.3 Å². The van der Waals surface area contributed by atoms with Crippen molar-refractivity contribution in [3.05, 3.63) is 71.2 Å². The Labute approximate surface area is 219 Å². The Morgan fingerprint density at radius 2 is 1.95 bits per heavy atom. The summed E-state index contributed by atoms with van der Waals surface area (Å²) in [4.78, 5) is 20.5. The number of aromatic amines is 1. The third kappa shape index (κ3) is 4.47. The number of ether oxygens (including phenoxy) is 3. The summed E-state index contributed by atoms with van der Waals surface area (Å²) >= 11 is 0. The van der Waals surface area contributed by atoms with Gasteiger partial charge in [0, 0.05) is 34.8 Å². The van der Waals surface area contributed by atoms with Crippen LogP contribution in [0.4, 0.5) is 13.2 Å². The number of carbonyl (C=O) groups is 1. The van der Waals surface area contributed by atoms with E-state index >= 15 is 0 Å².